The Hall–Kier alpha value is -3.52. The first kappa shape index (κ1) is 19.2. The van der Waals surface area contributed by atoms with Crippen molar-refractivity contribution in [2.75, 3.05) is 0 Å². The molecule has 0 aliphatic heterocycles. The number of benzene rings is 1. The van der Waals surface area contributed by atoms with Crippen LogP contribution in [0, 0.1) is 17.8 Å². The van der Waals surface area contributed by atoms with Gasteiger partial charge < -0.3 is 9.53 Å². The van der Waals surface area contributed by atoms with Gasteiger partial charge in [-0.1, -0.05) is 30.9 Å². The van der Waals surface area contributed by atoms with Gasteiger partial charge in [-0.2, -0.15) is 0 Å². The van der Waals surface area contributed by atoms with Crippen LogP contribution in [0.1, 0.15) is 37.0 Å². The molecule has 3 aromatic rings. The number of carbonyl (C=O) groups excluding carboxylic acids is 1. The van der Waals surface area contributed by atoms with Gasteiger partial charge in [-0.3, -0.25) is 0 Å². The Morgan fingerprint density at radius 1 is 1.07 bits per heavy atom. The minimum atomic E-state index is 0.232. The van der Waals surface area contributed by atoms with E-state index in [1.165, 1.54) is 11.9 Å². The van der Waals surface area contributed by atoms with E-state index in [0.717, 1.165) is 17.5 Å². The summed E-state index contributed by atoms with van der Waals surface area (Å²) in [6.45, 7) is 3.73. The Bertz CT molecular complexity index is 990. The van der Waals surface area contributed by atoms with E-state index >= 15 is 0 Å². The number of hydrogen-bond donors (Lipinski definition) is 0. The van der Waals surface area contributed by atoms with Crippen LogP contribution in [-0.4, -0.2) is 20.7 Å². The van der Waals surface area contributed by atoms with Gasteiger partial charge in [-0.25, -0.2) is 15.0 Å². The van der Waals surface area contributed by atoms with Crippen LogP contribution in [0.4, 0.5) is 0 Å². The smallest absolute Gasteiger partial charge is 0.220 e. The van der Waals surface area contributed by atoms with Gasteiger partial charge in [0.05, 0.1) is 12.4 Å². The van der Waals surface area contributed by atoms with Crippen LogP contribution in [0.5, 0.6) is 11.6 Å². The van der Waals surface area contributed by atoms with Crippen LogP contribution in [0.2, 0.25) is 0 Å². The average molecular weight is 371 g/mol. The van der Waals surface area contributed by atoms with Gasteiger partial charge in [-0.15, -0.1) is 0 Å². The topological polar surface area (TPSA) is 65.0 Å². The number of pyridine rings is 1. The molecule has 0 saturated heterocycles. The van der Waals surface area contributed by atoms with Crippen molar-refractivity contribution >= 4 is 5.78 Å². The lowest BCUT2D eigenvalue weighted by Crippen LogP contribution is -2.04. The van der Waals surface area contributed by atoms with E-state index in [4.69, 9.17) is 4.74 Å². The van der Waals surface area contributed by atoms with Crippen molar-refractivity contribution in [1.82, 2.24) is 15.0 Å². The quantitative estimate of drug-likeness (QED) is 0.607. The molecule has 0 bridgehead atoms. The van der Waals surface area contributed by atoms with Gasteiger partial charge in [0.2, 0.25) is 5.88 Å². The Balaban J connectivity index is 1.65. The van der Waals surface area contributed by atoms with Crippen LogP contribution in [0.15, 0.2) is 61.3 Å². The second-order valence-electron chi connectivity index (χ2n) is 6.72. The minimum absolute atomic E-state index is 0.232. The van der Waals surface area contributed by atoms with E-state index in [1.807, 2.05) is 18.2 Å². The van der Waals surface area contributed by atoms with Gasteiger partial charge >= 0.3 is 0 Å². The van der Waals surface area contributed by atoms with E-state index in [0.29, 0.717) is 24.0 Å². The predicted molar refractivity (Wildman–Crippen MR) is 107 cm³/mol. The molecule has 1 atom stereocenters. The molecule has 5 heteroatoms. The number of ether oxygens (including phenoxy) is 1. The molecule has 2 aromatic heterocycles. The first-order chi connectivity index (χ1) is 13.6. The summed E-state index contributed by atoms with van der Waals surface area (Å²) in [5.41, 5.74) is 2.95. The summed E-state index contributed by atoms with van der Waals surface area (Å²) in [4.78, 5) is 23.2. The number of rotatable bonds is 6. The van der Waals surface area contributed by atoms with Crippen LogP contribution in [0.25, 0.3) is 0 Å². The molecular formula is C23H21N3O2. The standard InChI is InChI=1S/C23H21N3O2/c1-17(11-18(2)27)12-20-6-3-19(4-7-20)5-8-21-9-10-26-23(13-21)28-22-14-24-16-25-15-22/h3-4,6-7,9-10,13-17H,11-12H2,1-2H3. The van der Waals surface area contributed by atoms with Crippen LogP contribution in [-0.2, 0) is 11.2 Å². The molecule has 0 N–H and O–H groups in total. The minimum Gasteiger partial charge on any atom is -0.436 e. The molecular weight excluding hydrogens is 350 g/mol. The third-order valence-electron chi connectivity index (χ3n) is 4.02. The summed E-state index contributed by atoms with van der Waals surface area (Å²) in [7, 11) is 0. The van der Waals surface area contributed by atoms with Gasteiger partial charge in [0, 0.05) is 29.8 Å². The van der Waals surface area contributed by atoms with Crippen LogP contribution in [0.3, 0.4) is 0 Å². The molecule has 0 spiro atoms. The molecule has 0 fully saturated rings. The largest absolute Gasteiger partial charge is 0.436 e. The zero-order valence-electron chi connectivity index (χ0n) is 15.9. The Morgan fingerprint density at radius 2 is 1.79 bits per heavy atom. The summed E-state index contributed by atoms with van der Waals surface area (Å²) in [6.07, 6.45) is 7.75. The maximum Gasteiger partial charge on any atom is 0.220 e. The van der Waals surface area contributed by atoms with Crippen molar-refractivity contribution in [2.24, 2.45) is 5.92 Å². The average Bonchev–Trinajstić information content (AvgIpc) is 2.68. The maximum atomic E-state index is 11.2. The molecule has 1 unspecified atom stereocenters. The lowest BCUT2D eigenvalue weighted by Gasteiger charge is -2.09. The number of Topliss-reactive ketones (excluding diaryl/α,β-unsaturated/α-hetero) is 1. The molecule has 1 aromatic carbocycles. The zero-order chi connectivity index (χ0) is 19.8. The fourth-order valence-corrected chi connectivity index (χ4v) is 2.84. The summed E-state index contributed by atoms with van der Waals surface area (Å²) in [5.74, 6) is 7.82. The molecule has 0 aliphatic carbocycles. The molecule has 0 saturated carbocycles. The lowest BCUT2D eigenvalue weighted by molar-refractivity contribution is -0.117. The Labute approximate surface area is 164 Å². The van der Waals surface area contributed by atoms with Gasteiger partial charge in [-0.05, 0) is 43.0 Å². The van der Waals surface area contributed by atoms with E-state index in [1.54, 1.807) is 31.6 Å². The molecule has 0 radical (unpaired) electrons. The van der Waals surface area contributed by atoms with Crippen molar-refractivity contribution in [3.05, 3.63) is 78.0 Å². The number of ketones is 1. The highest BCUT2D eigenvalue weighted by Gasteiger charge is 2.06. The molecule has 140 valence electrons. The third-order valence-corrected chi connectivity index (χ3v) is 4.02. The Kier molecular flexibility index (Phi) is 6.48. The molecule has 2 heterocycles. The van der Waals surface area contributed by atoms with Crippen molar-refractivity contribution in [3.8, 4) is 23.5 Å². The zero-order valence-corrected chi connectivity index (χ0v) is 15.9. The van der Waals surface area contributed by atoms with E-state index in [2.05, 4.69) is 45.8 Å². The third kappa shape index (κ3) is 6.03. The van der Waals surface area contributed by atoms with Gasteiger partial charge in [0.1, 0.15) is 12.1 Å². The summed E-state index contributed by atoms with van der Waals surface area (Å²) < 4.78 is 5.62. The first-order valence-electron chi connectivity index (χ1n) is 9.08. The first-order valence-corrected chi connectivity index (χ1v) is 9.08. The molecule has 5 nitrogen and oxygen atoms in total. The monoisotopic (exact) mass is 371 g/mol. The number of hydrogen-bond acceptors (Lipinski definition) is 5. The molecule has 0 aliphatic rings. The number of nitrogens with zero attached hydrogens (tertiary/aromatic N) is 3. The highest BCUT2D eigenvalue weighted by atomic mass is 16.5. The van der Waals surface area contributed by atoms with E-state index < -0.39 is 0 Å². The second kappa shape index (κ2) is 9.43. The summed E-state index contributed by atoms with van der Waals surface area (Å²) in [5, 5.41) is 0. The maximum absolute atomic E-state index is 11.2. The summed E-state index contributed by atoms with van der Waals surface area (Å²) >= 11 is 0. The van der Waals surface area contributed by atoms with Crippen molar-refractivity contribution in [1.29, 1.82) is 0 Å². The van der Waals surface area contributed by atoms with Gasteiger partial charge in [0.25, 0.3) is 0 Å². The fraction of sp³-hybridized carbons (Fsp3) is 0.217. The van der Waals surface area contributed by atoms with Crippen molar-refractivity contribution in [3.63, 3.8) is 0 Å². The van der Waals surface area contributed by atoms with Crippen LogP contribution < -0.4 is 4.74 Å². The van der Waals surface area contributed by atoms with Crippen LogP contribution >= 0.6 is 0 Å². The Morgan fingerprint density at radius 3 is 2.50 bits per heavy atom. The molecule has 28 heavy (non-hydrogen) atoms. The highest BCUT2D eigenvalue weighted by Crippen LogP contribution is 2.17. The van der Waals surface area contributed by atoms with Crippen molar-refractivity contribution < 1.29 is 9.53 Å². The van der Waals surface area contributed by atoms with E-state index in [-0.39, 0.29) is 5.78 Å². The highest BCUT2D eigenvalue weighted by molar-refractivity contribution is 5.75. The number of carbonyl (C=O) groups is 1. The normalized spacial score (nSPS) is 11.2. The van der Waals surface area contributed by atoms with Gasteiger partial charge in [0.15, 0.2) is 5.75 Å². The predicted octanol–water partition coefficient (Wildman–Crippen LogP) is 4.22. The summed E-state index contributed by atoms with van der Waals surface area (Å²) in [6, 6.07) is 11.7. The molecule has 3 rings (SSSR count). The van der Waals surface area contributed by atoms with E-state index in [9.17, 15) is 4.79 Å². The second-order valence-corrected chi connectivity index (χ2v) is 6.72. The lowest BCUT2D eigenvalue weighted by atomic mass is 9.96. The fourth-order valence-electron chi connectivity index (χ4n) is 2.84. The molecule has 0 amide bonds. The van der Waals surface area contributed by atoms with Crippen molar-refractivity contribution in [2.45, 2.75) is 26.7 Å². The SMILES string of the molecule is CC(=O)CC(C)Cc1ccc(C#Cc2ccnc(Oc3cncnc3)c2)cc1. The number of aromatic nitrogens is 3.